The highest BCUT2D eigenvalue weighted by Gasteiger charge is 2.15. The molecule has 94 valence electrons. The number of carbonyl (C=O) groups excluding carboxylic acids is 1. The first-order chi connectivity index (χ1) is 8.80. The number of para-hydroxylation sites is 1. The van der Waals surface area contributed by atoms with Gasteiger partial charge in [0.25, 0.3) is 0 Å². The van der Waals surface area contributed by atoms with Crippen LogP contribution in [0.15, 0.2) is 30.3 Å². The Labute approximate surface area is 111 Å². The number of carbonyl (C=O) groups is 1. The van der Waals surface area contributed by atoms with Gasteiger partial charge in [-0.15, -0.1) is 0 Å². The van der Waals surface area contributed by atoms with Crippen molar-refractivity contribution in [1.82, 2.24) is 4.98 Å². The van der Waals surface area contributed by atoms with Crippen molar-refractivity contribution in [3.8, 4) is 0 Å². The lowest BCUT2D eigenvalue weighted by Crippen LogP contribution is -2.15. The predicted octanol–water partition coefficient (Wildman–Crippen LogP) is 3.68. The molecule has 0 amide bonds. The zero-order valence-corrected chi connectivity index (χ0v) is 11.4. The van der Waals surface area contributed by atoms with Gasteiger partial charge in [-0.3, -0.25) is 4.79 Å². The molecule has 0 bridgehead atoms. The molecule has 2 rings (SSSR count). The second kappa shape index (κ2) is 5.78. The number of hydrogen-bond donors (Lipinski definition) is 0. The molecule has 1 aromatic heterocycles. The summed E-state index contributed by atoms with van der Waals surface area (Å²) < 4.78 is 0. The Balaban J connectivity index is 2.39. The molecule has 0 aliphatic rings. The number of rotatable bonds is 5. The van der Waals surface area contributed by atoms with Gasteiger partial charge < -0.3 is 4.90 Å². The zero-order chi connectivity index (χ0) is 13.0. The lowest BCUT2D eigenvalue weighted by atomic mass is 10.3. The molecule has 3 nitrogen and oxygen atoms in total. The van der Waals surface area contributed by atoms with E-state index in [1.807, 2.05) is 25.1 Å². The largest absolute Gasteiger partial charge is 0.318 e. The molecule has 1 aromatic carbocycles. The first-order valence-corrected chi connectivity index (χ1v) is 6.89. The highest BCUT2D eigenvalue weighted by Crippen LogP contribution is 2.30. The van der Waals surface area contributed by atoms with Gasteiger partial charge in [0.2, 0.25) is 0 Å². The first kappa shape index (κ1) is 12.8. The van der Waals surface area contributed by atoms with Gasteiger partial charge in [0.1, 0.15) is 0 Å². The Hall–Kier alpha value is -1.68. The number of anilines is 2. The minimum Gasteiger partial charge on any atom is -0.318 e. The third-order valence-corrected chi connectivity index (χ3v) is 3.82. The topological polar surface area (TPSA) is 33.2 Å². The van der Waals surface area contributed by atoms with Gasteiger partial charge in [-0.2, -0.15) is 0 Å². The fourth-order valence-electron chi connectivity index (χ4n) is 1.85. The third kappa shape index (κ3) is 2.43. The van der Waals surface area contributed by atoms with Crippen LogP contribution in [0.25, 0.3) is 0 Å². The van der Waals surface area contributed by atoms with Crippen LogP contribution < -0.4 is 4.90 Å². The number of thiazole rings is 1. The standard InChI is InChI=1S/C14H16N2OS/c1-3-12-13(10-17)18-14(15-12)16(4-2)11-8-6-5-7-9-11/h5-10H,3-4H2,1-2H3. The molecule has 0 fully saturated rings. The number of aromatic nitrogens is 1. The second-order valence-electron chi connectivity index (χ2n) is 3.86. The van der Waals surface area contributed by atoms with E-state index in [2.05, 4.69) is 28.9 Å². The van der Waals surface area contributed by atoms with Crippen LogP contribution >= 0.6 is 11.3 Å². The number of benzene rings is 1. The van der Waals surface area contributed by atoms with Crippen LogP contribution in [0.2, 0.25) is 0 Å². The van der Waals surface area contributed by atoms with Crippen LogP contribution in [-0.2, 0) is 6.42 Å². The monoisotopic (exact) mass is 260 g/mol. The van der Waals surface area contributed by atoms with Gasteiger partial charge in [-0.05, 0) is 25.5 Å². The fourth-order valence-corrected chi connectivity index (χ4v) is 2.90. The summed E-state index contributed by atoms with van der Waals surface area (Å²) in [5, 5.41) is 0.891. The molecule has 0 radical (unpaired) electrons. The summed E-state index contributed by atoms with van der Waals surface area (Å²) in [6.45, 7) is 4.93. The molecule has 0 saturated carbocycles. The Morgan fingerprint density at radius 1 is 1.28 bits per heavy atom. The molecule has 18 heavy (non-hydrogen) atoms. The van der Waals surface area contributed by atoms with Crippen molar-refractivity contribution in [3.05, 3.63) is 40.9 Å². The highest BCUT2D eigenvalue weighted by molar-refractivity contribution is 7.17. The maximum Gasteiger partial charge on any atom is 0.190 e. The van der Waals surface area contributed by atoms with E-state index in [4.69, 9.17) is 0 Å². The zero-order valence-electron chi connectivity index (χ0n) is 10.6. The average molecular weight is 260 g/mol. The molecule has 0 spiro atoms. The SMILES string of the molecule is CCc1nc(N(CC)c2ccccc2)sc1C=O. The Bertz CT molecular complexity index is 522. The summed E-state index contributed by atoms with van der Waals surface area (Å²) in [5.41, 5.74) is 1.99. The van der Waals surface area contributed by atoms with Gasteiger partial charge in [0.05, 0.1) is 10.6 Å². The van der Waals surface area contributed by atoms with Gasteiger partial charge in [-0.1, -0.05) is 36.5 Å². The average Bonchev–Trinajstić information content (AvgIpc) is 2.84. The predicted molar refractivity (Wildman–Crippen MR) is 76.0 cm³/mol. The maximum atomic E-state index is 11.0. The van der Waals surface area contributed by atoms with Crippen molar-refractivity contribution in [1.29, 1.82) is 0 Å². The minimum absolute atomic E-state index is 0.738. The van der Waals surface area contributed by atoms with Crippen LogP contribution in [0.4, 0.5) is 10.8 Å². The van der Waals surface area contributed by atoms with Crippen LogP contribution in [0, 0.1) is 0 Å². The van der Waals surface area contributed by atoms with Gasteiger partial charge in [0.15, 0.2) is 11.4 Å². The molecule has 2 aromatic rings. The molecule has 0 N–H and O–H groups in total. The van der Waals surface area contributed by atoms with Crippen molar-refractivity contribution in [2.75, 3.05) is 11.4 Å². The Morgan fingerprint density at radius 2 is 2.00 bits per heavy atom. The first-order valence-electron chi connectivity index (χ1n) is 6.07. The van der Waals surface area contributed by atoms with Gasteiger partial charge >= 0.3 is 0 Å². The minimum atomic E-state index is 0.738. The summed E-state index contributed by atoms with van der Waals surface area (Å²) in [6.07, 6.45) is 1.69. The Kier molecular flexibility index (Phi) is 4.10. The number of nitrogens with zero attached hydrogens (tertiary/aromatic N) is 2. The van der Waals surface area contributed by atoms with Crippen LogP contribution in [0.5, 0.6) is 0 Å². The van der Waals surface area contributed by atoms with Crippen molar-refractivity contribution in [2.24, 2.45) is 0 Å². The van der Waals surface area contributed by atoms with E-state index in [-0.39, 0.29) is 0 Å². The molecular weight excluding hydrogens is 244 g/mol. The van der Waals surface area contributed by atoms with Crippen molar-refractivity contribution in [3.63, 3.8) is 0 Å². The molecule has 1 heterocycles. The normalized spacial score (nSPS) is 10.3. The summed E-state index contributed by atoms with van der Waals surface area (Å²) in [4.78, 5) is 18.4. The van der Waals surface area contributed by atoms with E-state index in [0.717, 1.165) is 40.6 Å². The molecule has 0 unspecified atom stereocenters. The molecular formula is C14H16N2OS. The maximum absolute atomic E-state index is 11.0. The molecule has 0 atom stereocenters. The Morgan fingerprint density at radius 3 is 2.50 bits per heavy atom. The van der Waals surface area contributed by atoms with Crippen LogP contribution in [0.3, 0.4) is 0 Å². The summed E-state index contributed by atoms with van der Waals surface area (Å²) in [6, 6.07) is 10.1. The summed E-state index contributed by atoms with van der Waals surface area (Å²) in [7, 11) is 0. The van der Waals surface area contributed by atoms with Gasteiger partial charge in [0, 0.05) is 12.2 Å². The van der Waals surface area contributed by atoms with E-state index < -0.39 is 0 Å². The van der Waals surface area contributed by atoms with Crippen LogP contribution in [-0.4, -0.2) is 17.8 Å². The number of hydrogen-bond acceptors (Lipinski definition) is 4. The summed E-state index contributed by atoms with van der Waals surface area (Å²) >= 11 is 1.46. The van der Waals surface area contributed by atoms with E-state index in [0.29, 0.717) is 0 Å². The van der Waals surface area contributed by atoms with E-state index in [1.165, 1.54) is 11.3 Å². The van der Waals surface area contributed by atoms with Gasteiger partial charge in [-0.25, -0.2) is 4.98 Å². The third-order valence-electron chi connectivity index (χ3n) is 2.77. The van der Waals surface area contributed by atoms with Crippen molar-refractivity contribution in [2.45, 2.75) is 20.3 Å². The molecule has 4 heteroatoms. The van der Waals surface area contributed by atoms with Crippen molar-refractivity contribution >= 4 is 28.4 Å². The lowest BCUT2D eigenvalue weighted by molar-refractivity contribution is 0.112. The quantitative estimate of drug-likeness (QED) is 0.769. The van der Waals surface area contributed by atoms with Crippen LogP contribution in [0.1, 0.15) is 29.2 Å². The molecule has 0 saturated heterocycles. The number of aldehydes is 1. The molecule has 0 aliphatic carbocycles. The lowest BCUT2D eigenvalue weighted by Gasteiger charge is -2.19. The van der Waals surface area contributed by atoms with E-state index in [1.54, 1.807) is 0 Å². The molecule has 0 aliphatic heterocycles. The number of aryl methyl sites for hydroxylation is 1. The van der Waals surface area contributed by atoms with E-state index in [9.17, 15) is 4.79 Å². The smallest absolute Gasteiger partial charge is 0.190 e. The fraction of sp³-hybridized carbons (Fsp3) is 0.286. The highest BCUT2D eigenvalue weighted by atomic mass is 32.1. The van der Waals surface area contributed by atoms with Crippen molar-refractivity contribution < 1.29 is 4.79 Å². The second-order valence-corrected chi connectivity index (χ2v) is 4.87. The summed E-state index contributed by atoms with van der Waals surface area (Å²) in [5.74, 6) is 0. The van der Waals surface area contributed by atoms with E-state index >= 15 is 0 Å².